The number of carbonyl (C=O) groups excluding carboxylic acids is 2. The number of fused-ring (bicyclic) bond motifs is 1. The number of pyridine rings is 2. The number of carbonyl (C=O) groups is 2. The van der Waals surface area contributed by atoms with Crippen LogP contribution in [0.1, 0.15) is 18.4 Å². The van der Waals surface area contributed by atoms with Gasteiger partial charge in [0, 0.05) is 37.3 Å². The first-order valence-electron chi connectivity index (χ1n) is 14.1. The molecular formula is C30H34N6O6. The molecule has 42 heavy (non-hydrogen) atoms. The quantitative estimate of drug-likeness (QED) is 0.349. The number of rotatable bonds is 10. The lowest BCUT2D eigenvalue weighted by Gasteiger charge is -2.19. The molecule has 2 N–H and O–H groups in total. The SMILES string of the molecule is COc1cc(O[C@H]2CCN(C)C2)cc(-c2cccc(CNCC[C@H]3CN(c4ccc5c(n4)NC(=O)CO5)C(=O)O3)c2)n1. The Hall–Kier alpha value is -4.42. The highest BCUT2D eigenvalue weighted by molar-refractivity contribution is 5.95. The average molecular weight is 575 g/mol. The Labute approximate surface area is 243 Å². The summed E-state index contributed by atoms with van der Waals surface area (Å²) in [4.78, 5) is 36.9. The number of nitrogens with zero attached hydrogens (tertiary/aromatic N) is 4. The number of likely N-dealkylation sites (N-methyl/N-ethyl adjacent to an activating group) is 1. The van der Waals surface area contributed by atoms with E-state index >= 15 is 0 Å². The molecule has 0 spiro atoms. The molecule has 3 aromatic rings. The smallest absolute Gasteiger partial charge is 0.415 e. The molecule has 0 unspecified atom stereocenters. The molecule has 12 nitrogen and oxygen atoms in total. The van der Waals surface area contributed by atoms with E-state index in [1.165, 1.54) is 4.90 Å². The molecule has 12 heteroatoms. The van der Waals surface area contributed by atoms with Crippen molar-refractivity contribution in [3.05, 3.63) is 54.1 Å². The standard InChI is InChI=1S/C30H34N6O6/c1-35-11-9-22(16-35)41-23-13-24(32-28(14-23)39-2)20-5-3-4-19(12-20)15-31-10-8-21-17-36(30(38)42-21)26-7-6-25-29(33-26)34-27(37)18-40-25/h3-7,12-14,21-22,31H,8-11,15-18H2,1-2H3,(H,33,34,37)/t21-,22-/m0/s1. The molecule has 2 atom stereocenters. The normalized spacial score (nSPS) is 20.1. The molecule has 0 bridgehead atoms. The van der Waals surface area contributed by atoms with E-state index in [2.05, 4.69) is 44.7 Å². The van der Waals surface area contributed by atoms with Gasteiger partial charge in [0.1, 0.15) is 23.8 Å². The zero-order valence-corrected chi connectivity index (χ0v) is 23.7. The molecule has 6 rings (SSSR count). The van der Waals surface area contributed by atoms with Gasteiger partial charge in [-0.3, -0.25) is 9.69 Å². The summed E-state index contributed by atoms with van der Waals surface area (Å²) >= 11 is 0. The lowest BCUT2D eigenvalue weighted by molar-refractivity contribution is -0.118. The van der Waals surface area contributed by atoms with Crippen LogP contribution in [0.5, 0.6) is 17.4 Å². The van der Waals surface area contributed by atoms with Gasteiger partial charge in [0.05, 0.1) is 19.3 Å². The highest BCUT2D eigenvalue weighted by Gasteiger charge is 2.33. The van der Waals surface area contributed by atoms with E-state index in [-0.39, 0.29) is 24.7 Å². The van der Waals surface area contributed by atoms with E-state index in [1.807, 2.05) is 24.3 Å². The Kier molecular flexibility index (Phi) is 8.06. The molecule has 1 aromatic carbocycles. The second-order valence-electron chi connectivity index (χ2n) is 10.7. The second-order valence-corrected chi connectivity index (χ2v) is 10.7. The third-order valence-corrected chi connectivity index (χ3v) is 7.44. The molecule has 2 aromatic heterocycles. The predicted octanol–water partition coefficient (Wildman–Crippen LogP) is 3.07. The fourth-order valence-corrected chi connectivity index (χ4v) is 5.28. The molecular weight excluding hydrogens is 540 g/mol. The topological polar surface area (TPSA) is 127 Å². The monoisotopic (exact) mass is 574 g/mol. The van der Waals surface area contributed by atoms with Gasteiger partial charge < -0.3 is 34.5 Å². The van der Waals surface area contributed by atoms with E-state index < -0.39 is 6.09 Å². The van der Waals surface area contributed by atoms with E-state index in [0.29, 0.717) is 49.3 Å². The van der Waals surface area contributed by atoms with Crippen LogP contribution in [0.2, 0.25) is 0 Å². The number of nitrogens with one attached hydrogen (secondary N) is 2. The molecule has 5 heterocycles. The largest absolute Gasteiger partial charge is 0.489 e. The van der Waals surface area contributed by atoms with Gasteiger partial charge in [-0.25, -0.2) is 14.8 Å². The molecule has 0 radical (unpaired) electrons. The van der Waals surface area contributed by atoms with Crippen LogP contribution in [0.4, 0.5) is 16.4 Å². The molecule has 0 saturated carbocycles. The Morgan fingerprint density at radius 1 is 1.12 bits per heavy atom. The van der Waals surface area contributed by atoms with E-state index in [0.717, 1.165) is 42.1 Å². The molecule has 2 amide bonds. The van der Waals surface area contributed by atoms with Crippen molar-refractivity contribution in [1.29, 1.82) is 0 Å². The fourth-order valence-electron chi connectivity index (χ4n) is 5.28. The number of hydrogen-bond donors (Lipinski definition) is 2. The minimum atomic E-state index is -0.461. The zero-order valence-electron chi connectivity index (χ0n) is 23.7. The van der Waals surface area contributed by atoms with Gasteiger partial charge in [-0.05, 0) is 50.2 Å². The van der Waals surface area contributed by atoms with Gasteiger partial charge in [0.2, 0.25) is 5.88 Å². The minimum absolute atomic E-state index is 0.0501. The van der Waals surface area contributed by atoms with Crippen LogP contribution in [0.15, 0.2) is 48.5 Å². The second kappa shape index (κ2) is 12.2. The van der Waals surface area contributed by atoms with Crippen molar-refractivity contribution < 1.29 is 28.5 Å². The van der Waals surface area contributed by atoms with Crippen LogP contribution in [0.3, 0.4) is 0 Å². The van der Waals surface area contributed by atoms with Crippen LogP contribution in [0, 0.1) is 0 Å². The van der Waals surface area contributed by atoms with Gasteiger partial charge in [-0.15, -0.1) is 0 Å². The maximum absolute atomic E-state index is 12.5. The summed E-state index contributed by atoms with van der Waals surface area (Å²) in [6, 6.07) is 15.4. The van der Waals surface area contributed by atoms with Gasteiger partial charge in [-0.1, -0.05) is 18.2 Å². The van der Waals surface area contributed by atoms with Gasteiger partial charge in [0.25, 0.3) is 5.91 Å². The molecule has 3 aliphatic heterocycles. The van der Waals surface area contributed by atoms with Crippen molar-refractivity contribution in [2.75, 3.05) is 57.2 Å². The van der Waals surface area contributed by atoms with Crippen molar-refractivity contribution in [2.24, 2.45) is 0 Å². The predicted molar refractivity (Wildman–Crippen MR) is 155 cm³/mol. The summed E-state index contributed by atoms with van der Waals surface area (Å²) in [5.74, 6) is 2.18. The lowest BCUT2D eigenvalue weighted by Crippen LogP contribution is -2.29. The lowest BCUT2D eigenvalue weighted by atomic mass is 10.1. The van der Waals surface area contributed by atoms with Crippen LogP contribution in [-0.2, 0) is 16.1 Å². The van der Waals surface area contributed by atoms with Crippen molar-refractivity contribution in [3.8, 4) is 28.6 Å². The summed E-state index contributed by atoms with van der Waals surface area (Å²) in [6.45, 7) is 3.55. The molecule has 3 aliphatic rings. The summed E-state index contributed by atoms with van der Waals surface area (Å²) < 4.78 is 22.6. The number of benzene rings is 1. The van der Waals surface area contributed by atoms with Gasteiger partial charge in [-0.2, -0.15) is 0 Å². The maximum Gasteiger partial charge on any atom is 0.415 e. The maximum atomic E-state index is 12.5. The summed E-state index contributed by atoms with van der Waals surface area (Å²) in [6.07, 6.45) is 1.05. The van der Waals surface area contributed by atoms with Crippen LogP contribution >= 0.6 is 0 Å². The van der Waals surface area contributed by atoms with E-state index in [4.69, 9.17) is 18.9 Å². The Bertz CT molecular complexity index is 1470. The first kappa shape index (κ1) is 27.7. The molecule has 220 valence electrons. The Morgan fingerprint density at radius 2 is 2.02 bits per heavy atom. The number of likely N-dealkylation sites (tertiary alicyclic amines) is 1. The van der Waals surface area contributed by atoms with Crippen molar-refractivity contribution in [3.63, 3.8) is 0 Å². The summed E-state index contributed by atoms with van der Waals surface area (Å²) in [5, 5.41) is 6.11. The first-order valence-corrected chi connectivity index (χ1v) is 14.1. The van der Waals surface area contributed by atoms with Gasteiger partial charge >= 0.3 is 6.09 Å². The number of ether oxygens (including phenoxy) is 4. The number of anilines is 2. The number of amides is 2. The first-order chi connectivity index (χ1) is 20.4. The Balaban J connectivity index is 1.03. The molecule has 2 fully saturated rings. The van der Waals surface area contributed by atoms with E-state index in [1.54, 1.807) is 19.2 Å². The number of aromatic nitrogens is 2. The zero-order chi connectivity index (χ0) is 29.1. The van der Waals surface area contributed by atoms with Crippen molar-refractivity contribution in [1.82, 2.24) is 20.2 Å². The number of hydrogen-bond acceptors (Lipinski definition) is 10. The third kappa shape index (κ3) is 6.39. The van der Waals surface area contributed by atoms with Crippen molar-refractivity contribution >= 4 is 23.6 Å². The van der Waals surface area contributed by atoms with Gasteiger partial charge in [0.15, 0.2) is 18.2 Å². The fraction of sp³-hybridized carbons (Fsp3) is 0.400. The number of methoxy groups -OCH3 is 1. The third-order valence-electron chi connectivity index (χ3n) is 7.44. The van der Waals surface area contributed by atoms with E-state index in [9.17, 15) is 9.59 Å². The average Bonchev–Trinajstić information content (AvgIpc) is 3.58. The van der Waals surface area contributed by atoms with Crippen molar-refractivity contribution in [2.45, 2.75) is 31.6 Å². The highest BCUT2D eigenvalue weighted by Crippen LogP contribution is 2.31. The Morgan fingerprint density at radius 3 is 2.86 bits per heavy atom. The van der Waals surface area contributed by atoms with Crippen LogP contribution in [0.25, 0.3) is 11.3 Å². The minimum Gasteiger partial charge on any atom is -0.489 e. The van der Waals surface area contributed by atoms with Crippen LogP contribution < -0.4 is 29.7 Å². The van der Waals surface area contributed by atoms with Crippen LogP contribution in [-0.4, -0.2) is 86.0 Å². The molecule has 2 saturated heterocycles. The summed E-state index contributed by atoms with van der Waals surface area (Å²) in [7, 11) is 3.71. The summed E-state index contributed by atoms with van der Waals surface area (Å²) in [5.41, 5.74) is 2.86. The number of cyclic esters (lactones) is 1. The molecule has 0 aliphatic carbocycles. The highest BCUT2D eigenvalue weighted by atomic mass is 16.6.